The Morgan fingerprint density at radius 3 is 2.29 bits per heavy atom. The van der Waals surface area contributed by atoms with Gasteiger partial charge in [-0.3, -0.25) is 14.3 Å². The van der Waals surface area contributed by atoms with E-state index in [2.05, 4.69) is 15.4 Å². The smallest absolute Gasteiger partial charge is 0.261 e. The topological polar surface area (TPSA) is 104 Å². The van der Waals surface area contributed by atoms with Crippen molar-refractivity contribution >= 4 is 27.5 Å². The second-order valence-corrected chi connectivity index (χ2v) is 9.54. The molecule has 0 aliphatic rings. The molecule has 0 aromatic heterocycles. The molecule has 7 nitrogen and oxygen atoms in total. The van der Waals surface area contributed by atoms with Gasteiger partial charge in [0.15, 0.2) is 0 Å². The van der Waals surface area contributed by atoms with Gasteiger partial charge in [0.1, 0.15) is 5.82 Å². The first-order chi connectivity index (χ1) is 16.1. The molecule has 0 saturated carbocycles. The van der Waals surface area contributed by atoms with E-state index < -0.39 is 21.7 Å². The molecule has 3 N–H and O–H groups in total. The molecule has 0 atom stereocenters. The van der Waals surface area contributed by atoms with E-state index >= 15 is 0 Å². The number of amides is 2. The van der Waals surface area contributed by atoms with Crippen LogP contribution in [0.5, 0.6) is 0 Å². The maximum Gasteiger partial charge on any atom is 0.261 e. The molecule has 0 unspecified atom stereocenters. The quantitative estimate of drug-likeness (QED) is 0.406. The van der Waals surface area contributed by atoms with Gasteiger partial charge in [0, 0.05) is 24.3 Å². The standard InChI is InChI=1S/C25H26FN3O4S/c1-17-6-9-21(10-7-17)29-34(32,33)22-11-8-18(2)23(16-22)25(31)28-13-12-27-24(30)15-19-4-3-5-20(26)14-19/h3-11,14,16,29H,12-13,15H2,1-2H3,(H,27,30)(H,28,31). The Morgan fingerprint density at radius 1 is 0.882 bits per heavy atom. The third-order valence-corrected chi connectivity index (χ3v) is 6.43. The number of rotatable bonds is 9. The van der Waals surface area contributed by atoms with Crippen molar-refractivity contribution in [1.29, 1.82) is 0 Å². The normalized spacial score (nSPS) is 11.0. The van der Waals surface area contributed by atoms with Gasteiger partial charge < -0.3 is 10.6 Å². The summed E-state index contributed by atoms with van der Waals surface area (Å²) in [4.78, 5) is 24.6. The van der Waals surface area contributed by atoms with Crippen LogP contribution >= 0.6 is 0 Å². The van der Waals surface area contributed by atoms with Crippen LogP contribution in [0.2, 0.25) is 0 Å². The number of sulfonamides is 1. The van der Waals surface area contributed by atoms with Crippen LogP contribution in [0.1, 0.15) is 27.0 Å². The zero-order valence-electron chi connectivity index (χ0n) is 18.9. The van der Waals surface area contributed by atoms with Crippen LogP contribution in [0.3, 0.4) is 0 Å². The molecule has 9 heteroatoms. The van der Waals surface area contributed by atoms with Crippen molar-refractivity contribution in [2.75, 3.05) is 17.8 Å². The average Bonchev–Trinajstić information content (AvgIpc) is 2.78. The molecule has 2 amide bonds. The van der Waals surface area contributed by atoms with Gasteiger partial charge in [0.25, 0.3) is 15.9 Å². The molecule has 0 radical (unpaired) electrons. The molecule has 0 heterocycles. The lowest BCUT2D eigenvalue weighted by molar-refractivity contribution is -0.120. The fourth-order valence-corrected chi connectivity index (χ4v) is 4.30. The van der Waals surface area contributed by atoms with Crippen LogP contribution in [0, 0.1) is 19.7 Å². The first kappa shape index (κ1) is 24.9. The highest BCUT2D eigenvalue weighted by atomic mass is 32.2. The lowest BCUT2D eigenvalue weighted by atomic mass is 10.1. The van der Waals surface area contributed by atoms with Gasteiger partial charge in [-0.2, -0.15) is 0 Å². The minimum Gasteiger partial charge on any atom is -0.354 e. The number of nitrogens with one attached hydrogen (secondary N) is 3. The van der Waals surface area contributed by atoms with Crippen LogP contribution in [0.4, 0.5) is 10.1 Å². The van der Waals surface area contributed by atoms with Crippen molar-refractivity contribution in [3.8, 4) is 0 Å². The van der Waals surface area contributed by atoms with Crippen molar-refractivity contribution < 1.29 is 22.4 Å². The number of aryl methyl sites for hydroxylation is 2. The summed E-state index contributed by atoms with van der Waals surface area (Å²) in [5.41, 5.74) is 2.81. The molecular weight excluding hydrogens is 457 g/mol. The maximum absolute atomic E-state index is 13.2. The van der Waals surface area contributed by atoms with Crippen LogP contribution < -0.4 is 15.4 Å². The first-order valence-corrected chi connectivity index (χ1v) is 12.1. The fourth-order valence-electron chi connectivity index (χ4n) is 3.22. The fraction of sp³-hybridized carbons (Fsp3) is 0.200. The molecule has 3 rings (SSSR count). The third kappa shape index (κ3) is 6.89. The Labute approximate surface area is 198 Å². The average molecular weight is 484 g/mol. The number of anilines is 1. The Bertz CT molecular complexity index is 1290. The van der Waals surface area contributed by atoms with Gasteiger partial charge in [0.2, 0.25) is 5.91 Å². The van der Waals surface area contributed by atoms with Crippen molar-refractivity contribution in [1.82, 2.24) is 10.6 Å². The van der Waals surface area contributed by atoms with Crippen LogP contribution in [-0.4, -0.2) is 33.3 Å². The minimum atomic E-state index is -3.88. The number of hydrogen-bond acceptors (Lipinski definition) is 4. The van der Waals surface area contributed by atoms with Crippen LogP contribution in [0.25, 0.3) is 0 Å². The highest BCUT2D eigenvalue weighted by Crippen LogP contribution is 2.19. The molecule has 3 aromatic rings. The van der Waals surface area contributed by atoms with E-state index in [9.17, 15) is 22.4 Å². The van der Waals surface area contributed by atoms with Gasteiger partial charge in [-0.15, -0.1) is 0 Å². The van der Waals surface area contributed by atoms with Gasteiger partial charge in [-0.1, -0.05) is 35.9 Å². The monoisotopic (exact) mass is 483 g/mol. The number of benzene rings is 3. The molecule has 178 valence electrons. The van der Waals surface area contributed by atoms with Gasteiger partial charge >= 0.3 is 0 Å². The summed E-state index contributed by atoms with van der Waals surface area (Å²) < 4.78 is 41.2. The molecule has 0 saturated heterocycles. The molecule has 0 aliphatic heterocycles. The van der Waals surface area contributed by atoms with E-state index in [1.807, 2.05) is 6.92 Å². The summed E-state index contributed by atoms with van der Waals surface area (Å²) in [5, 5.41) is 5.33. The minimum absolute atomic E-state index is 0.0265. The largest absolute Gasteiger partial charge is 0.354 e. The summed E-state index contributed by atoms with van der Waals surface area (Å²) in [6.45, 7) is 3.93. The first-order valence-electron chi connectivity index (χ1n) is 10.6. The van der Waals surface area contributed by atoms with Crippen molar-refractivity contribution in [2.24, 2.45) is 0 Å². The second-order valence-electron chi connectivity index (χ2n) is 7.86. The summed E-state index contributed by atoms with van der Waals surface area (Å²) in [5.74, 6) is -1.16. The number of carbonyl (C=O) groups is 2. The molecule has 34 heavy (non-hydrogen) atoms. The molecule has 0 aliphatic carbocycles. The van der Waals surface area contributed by atoms with Crippen molar-refractivity contribution in [3.05, 3.63) is 94.8 Å². The Morgan fingerprint density at radius 2 is 1.59 bits per heavy atom. The van der Waals surface area contributed by atoms with Gasteiger partial charge in [0.05, 0.1) is 11.3 Å². The van der Waals surface area contributed by atoms with Crippen molar-refractivity contribution in [2.45, 2.75) is 25.2 Å². The van der Waals surface area contributed by atoms with E-state index in [4.69, 9.17) is 0 Å². The molecule has 0 spiro atoms. The zero-order valence-corrected chi connectivity index (χ0v) is 19.7. The van der Waals surface area contributed by atoms with Crippen LogP contribution in [0.15, 0.2) is 71.6 Å². The number of carbonyl (C=O) groups excluding carboxylic acids is 2. The summed E-state index contributed by atoms with van der Waals surface area (Å²) in [6.07, 6.45) is 0.0265. The Balaban J connectivity index is 1.56. The summed E-state index contributed by atoms with van der Waals surface area (Å²) in [7, 11) is -3.88. The van der Waals surface area contributed by atoms with Crippen LogP contribution in [-0.2, 0) is 21.2 Å². The Hall–Kier alpha value is -3.72. The lowest BCUT2D eigenvalue weighted by Crippen LogP contribution is -2.35. The molecular formula is C25H26FN3O4S. The maximum atomic E-state index is 13.2. The second kappa shape index (κ2) is 10.9. The zero-order chi connectivity index (χ0) is 24.7. The predicted octanol–water partition coefficient (Wildman–Crippen LogP) is 3.33. The molecule has 0 fully saturated rings. The number of hydrogen-bond donors (Lipinski definition) is 3. The van der Waals surface area contributed by atoms with Crippen molar-refractivity contribution in [3.63, 3.8) is 0 Å². The lowest BCUT2D eigenvalue weighted by Gasteiger charge is -2.12. The predicted molar refractivity (Wildman–Crippen MR) is 129 cm³/mol. The SMILES string of the molecule is Cc1ccc(NS(=O)(=O)c2ccc(C)c(C(=O)NCCNC(=O)Cc3cccc(F)c3)c2)cc1. The van der Waals surface area contributed by atoms with E-state index in [1.165, 1.54) is 30.3 Å². The summed E-state index contributed by atoms with van der Waals surface area (Å²) in [6, 6.07) is 17.0. The Kier molecular flexibility index (Phi) is 8.01. The van der Waals surface area contributed by atoms with Gasteiger partial charge in [-0.05, 0) is 61.4 Å². The van der Waals surface area contributed by atoms with E-state index in [1.54, 1.807) is 43.3 Å². The van der Waals surface area contributed by atoms with E-state index in [-0.39, 0.29) is 35.9 Å². The number of halogens is 1. The third-order valence-electron chi connectivity index (χ3n) is 5.05. The molecule has 0 bridgehead atoms. The van der Waals surface area contributed by atoms with E-state index in [0.29, 0.717) is 16.8 Å². The highest BCUT2D eigenvalue weighted by molar-refractivity contribution is 7.92. The van der Waals surface area contributed by atoms with Gasteiger partial charge in [-0.25, -0.2) is 12.8 Å². The summed E-state index contributed by atoms with van der Waals surface area (Å²) >= 11 is 0. The molecule has 3 aromatic carbocycles. The van der Waals surface area contributed by atoms with E-state index in [0.717, 1.165) is 5.56 Å². The highest BCUT2D eigenvalue weighted by Gasteiger charge is 2.18.